The third-order valence-corrected chi connectivity index (χ3v) is 3.96. The summed E-state index contributed by atoms with van der Waals surface area (Å²) in [5.74, 6) is 1.26. The summed E-state index contributed by atoms with van der Waals surface area (Å²) in [6.07, 6.45) is 1.12. The summed E-state index contributed by atoms with van der Waals surface area (Å²) in [7, 11) is 0. The van der Waals surface area contributed by atoms with Gasteiger partial charge in [-0.15, -0.1) is 0 Å². The van der Waals surface area contributed by atoms with Crippen LogP contribution in [0, 0.1) is 6.92 Å². The van der Waals surface area contributed by atoms with Crippen molar-refractivity contribution in [2.24, 2.45) is 0 Å². The van der Waals surface area contributed by atoms with Gasteiger partial charge in [-0.05, 0) is 30.7 Å². The summed E-state index contributed by atoms with van der Waals surface area (Å²) in [5, 5.41) is 4.57. The van der Waals surface area contributed by atoms with Crippen molar-refractivity contribution in [3.05, 3.63) is 40.5 Å². The molecule has 0 N–H and O–H groups in total. The molecule has 1 saturated heterocycles. The van der Waals surface area contributed by atoms with E-state index in [2.05, 4.69) is 10.1 Å². The number of carbonyl (C=O) groups excluding carboxylic acids is 1. The maximum atomic E-state index is 12.3. The molecular formula is C15H16ClN3O2. The van der Waals surface area contributed by atoms with E-state index in [4.69, 9.17) is 16.1 Å². The Morgan fingerprint density at radius 2 is 2.29 bits per heavy atom. The van der Waals surface area contributed by atoms with Crippen molar-refractivity contribution in [1.82, 2.24) is 10.1 Å². The largest absolute Gasteiger partial charge is 0.339 e. The second-order valence-corrected chi connectivity index (χ2v) is 5.68. The molecule has 1 aliphatic heterocycles. The smallest absolute Gasteiger partial charge is 0.232 e. The van der Waals surface area contributed by atoms with Gasteiger partial charge in [0.25, 0.3) is 0 Å². The van der Waals surface area contributed by atoms with E-state index in [1.807, 2.05) is 26.0 Å². The summed E-state index contributed by atoms with van der Waals surface area (Å²) in [4.78, 5) is 18.4. The van der Waals surface area contributed by atoms with Gasteiger partial charge in [0.05, 0.1) is 5.92 Å². The van der Waals surface area contributed by atoms with Gasteiger partial charge < -0.3 is 9.42 Å². The number of carbonyl (C=O) groups is 1. The van der Waals surface area contributed by atoms with E-state index in [1.165, 1.54) is 0 Å². The van der Waals surface area contributed by atoms with Gasteiger partial charge in [-0.3, -0.25) is 4.79 Å². The van der Waals surface area contributed by atoms with Crippen LogP contribution in [-0.2, 0) is 11.2 Å². The predicted molar refractivity (Wildman–Crippen MR) is 79.6 cm³/mol. The molecule has 110 valence electrons. The van der Waals surface area contributed by atoms with Gasteiger partial charge in [-0.1, -0.05) is 23.7 Å². The van der Waals surface area contributed by atoms with Gasteiger partial charge in [0.1, 0.15) is 0 Å². The number of nitrogens with zero attached hydrogens (tertiary/aromatic N) is 3. The lowest BCUT2D eigenvalue weighted by molar-refractivity contribution is -0.117. The Hall–Kier alpha value is -1.88. The minimum atomic E-state index is -0.0413. The van der Waals surface area contributed by atoms with E-state index in [0.29, 0.717) is 29.7 Å². The number of aryl methyl sites for hydroxylation is 2. The molecule has 2 heterocycles. The molecule has 2 aromatic rings. The number of amides is 1. The van der Waals surface area contributed by atoms with Crippen LogP contribution in [-0.4, -0.2) is 22.6 Å². The number of hydrogen-bond donors (Lipinski definition) is 0. The molecule has 1 amide bonds. The van der Waals surface area contributed by atoms with Crippen LogP contribution in [0.1, 0.15) is 36.5 Å². The van der Waals surface area contributed by atoms with E-state index in [-0.39, 0.29) is 11.8 Å². The molecular weight excluding hydrogens is 290 g/mol. The molecule has 0 radical (unpaired) electrons. The quantitative estimate of drug-likeness (QED) is 0.874. The monoisotopic (exact) mass is 305 g/mol. The fourth-order valence-corrected chi connectivity index (χ4v) is 2.83. The first-order chi connectivity index (χ1) is 10.1. The lowest BCUT2D eigenvalue weighted by Gasteiger charge is -2.18. The van der Waals surface area contributed by atoms with Crippen molar-refractivity contribution in [2.45, 2.75) is 32.6 Å². The van der Waals surface area contributed by atoms with Crippen molar-refractivity contribution in [3.8, 4) is 0 Å². The summed E-state index contributed by atoms with van der Waals surface area (Å²) in [6, 6.07) is 5.54. The molecule has 1 fully saturated rings. The van der Waals surface area contributed by atoms with E-state index in [0.717, 1.165) is 17.7 Å². The molecule has 1 aromatic heterocycles. The van der Waals surface area contributed by atoms with Crippen molar-refractivity contribution < 1.29 is 9.32 Å². The molecule has 0 saturated carbocycles. The number of benzene rings is 1. The van der Waals surface area contributed by atoms with Crippen LogP contribution < -0.4 is 4.90 Å². The molecule has 1 aromatic carbocycles. The first-order valence-electron chi connectivity index (χ1n) is 6.97. The van der Waals surface area contributed by atoms with E-state index >= 15 is 0 Å². The van der Waals surface area contributed by atoms with Crippen LogP contribution in [0.3, 0.4) is 0 Å². The van der Waals surface area contributed by atoms with Crippen LogP contribution in [0.4, 0.5) is 5.69 Å². The number of aromatic nitrogens is 2. The first-order valence-corrected chi connectivity index (χ1v) is 7.35. The Bertz CT molecular complexity index is 683. The van der Waals surface area contributed by atoms with Crippen LogP contribution in [0.5, 0.6) is 0 Å². The van der Waals surface area contributed by atoms with Crippen molar-refractivity contribution >= 4 is 23.2 Å². The zero-order valence-electron chi connectivity index (χ0n) is 12.0. The molecule has 5 nitrogen and oxygen atoms in total. The van der Waals surface area contributed by atoms with Gasteiger partial charge >= 0.3 is 0 Å². The normalized spacial score (nSPS) is 18.5. The highest BCUT2D eigenvalue weighted by Gasteiger charge is 2.35. The number of anilines is 1. The van der Waals surface area contributed by atoms with Crippen molar-refractivity contribution in [3.63, 3.8) is 0 Å². The van der Waals surface area contributed by atoms with Crippen molar-refractivity contribution in [1.29, 1.82) is 0 Å². The van der Waals surface area contributed by atoms with E-state index in [9.17, 15) is 4.79 Å². The van der Waals surface area contributed by atoms with Crippen LogP contribution in [0.25, 0.3) is 0 Å². The highest BCUT2D eigenvalue weighted by molar-refractivity contribution is 6.30. The molecule has 6 heteroatoms. The molecule has 1 aliphatic rings. The zero-order chi connectivity index (χ0) is 15.0. The Morgan fingerprint density at radius 1 is 1.48 bits per heavy atom. The van der Waals surface area contributed by atoms with Gasteiger partial charge in [0.15, 0.2) is 5.82 Å². The summed E-state index contributed by atoms with van der Waals surface area (Å²) < 4.78 is 5.26. The van der Waals surface area contributed by atoms with Gasteiger partial charge in [0, 0.05) is 30.1 Å². The maximum absolute atomic E-state index is 12.3. The standard InChI is InChI=1S/C15H16ClN3O2/c1-3-13-17-15(21-18-13)10-7-14(20)19(8-10)12-5-4-11(16)6-9(12)2/h4-6,10H,3,7-8H2,1-2H3. The summed E-state index contributed by atoms with van der Waals surface area (Å²) in [6.45, 7) is 4.48. The minimum Gasteiger partial charge on any atom is -0.339 e. The Kier molecular flexibility index (Phi) is 3.68. The molecule has 1 atom stereocenters. The summed E-state index contributed by atoms with van der Waals surface area (Å²) in [5.41, 5.74) is 1.87. The Labute approximate surface area is 127 Å². The molecule has 1 unspecified atom stereocenters. The van der Waals surface area contributed by atoms with Crippen LogP contribution >= 0.6 is 11.6 Å². The maximum Gasteiger partial charge on any atom is 0.232 e. The van der Waals surface area contributed by atoms with Gasteiger partial charge in [-0.2, -0.15) is 4.98 Å². The lowest BCUT2D eigenvalue weighted by atomic mass is 10.1. The average Bonchev–Trinajstić information content (AvgIpc) is 3.05. The Balaban J connectivity index is 1.84. The van der Waals surface area contributed by atoms with E-state index < -0.39 is 0 Å². The fraction of sp³-hybridized carbons (Fsp3) is 0.400. The van der Waals surface area contributed by atoms with Crippen LogP contribution in [0.2, 0.25) is 5.02 Å². The molecule has 3 rings (SSSR count). The summed E-state index contributed by atoms with van der Waals surface area (Å²) >= 11 is 5.97. The third kappa shape index (κ3) is 2.65. The highest BCUT2D eigenvalue weighted by Crippen LogP contribution is 2.33. The first kappa shape index (κ1) is 14.1. The topological polar surface area (TPSA) is 59.2 Å². The minimum absolute atomic E-state index is 0.0413. The predicted octanol–water partition coefficient (Wildman–Crippen LogP) is 3.11. The number of hydrogen-bond acceptors (Lipinski definition) is 4. The SMILES string of the molecule is CCc1noc(C2CC(=O)N(c3ccc(Cl)cc3C)C2)n1. The molecule has 0 spiro atoms. The molecule has 0 bridgehead atoms. The average molecular weight is 306 g/mol. The van der Waals surface area contributed by atoms with Crippen LogP contribution in [0.15, 0.2) is 22.7 Å². The second-order valence-electron chi connectivity index (χ2n) is 5.24. The lowest BCUT2D eigenvalue weighted by Crippen LogP contribution is -2.25. The van der Waals surface area contributed by atoms with Gasteiger partial charge in [0.2, 0.25) is 11.8 Å². The molecule has 21 heavy (non-hydrogen) atoms. The fourth-order valence-electron chi connectivity index (χ4n) is 2.60. The number of rotatable bonds is 3. The third-order valence-electron chi connectivity index (χ3n) is 3.72. The highest BCUT2D eigenvalue weighted by atomic mass is 35.5. The zero-order valence-corrected chi connectivity index (χ0v) is 12.7. The van der Waals surface area contributed by atoms with Crippen molar-refractivity contribution in [2.75, 3.05) is 11.4 Å². The number of halogens is 1. The Morgan fingerprint density at radius 3 is 2.95 bits per heavy atom. The molecule has 0 aliphatic carbocycles. The van der Waals surface area contributed by atoms with Gasteiger partial charge in [-0.25, -0.2) is 0 Å². The van der Waals surface area contributed by atoms with E-state index in [1.54, 1.807) is 11.0 Å². The second kappa shape index (κ2) is 5.48.